The van der Waals surface area contributed by atoms with Crippen LogP contribution in [0.15, 0.2) is 71.9 Å². The third kappa shape index (κ3) is 5.13. The van der Waals surface area contributed by atoms with Gasteiger partial charge in [-0.15, -0.1) is 0 Å². The lowest BCUT2D eigenvalue weighted by atomic mass is 10.1. The molecule has 0 atom stereocenters. The monoisotopic (exact) mass is 452 g/mol. The first-order valence-electron chi connectivity index (χ1n) is 10.1. The minimum Gasteiger partial charge on any atom is -0.491 e. The molecule has 4 rings (SSSR count). The molecule has 2 aromatic carbocycles. The fraction of sp³-hybridized carbons (Fsp3) is 0.217. The van der Waals surface area contributed by atoms with E-state index in [2.05, 4.69) is 14.8 Å². The van der Waals surface area contributed by atoms with Gasteiger partial charge in [-0.2, -0.15) is 5.10 Å². The molecular formula is C23H24N4O4S. The summed E-state index contributed by atoms with van der Waals surface area (Å²) in [6.45, 7) is 2.84. The fourth-order valence-corrected chi connectivity index (χ4v) is 4.20. The number of hydrogen-bond acceptors (Lipinski definition) is 6. The summed E-state index contributed by atoms with van der Waals surface area (Å²) in [4.78, 5) is 4.83. The van der Waals surface area contributed by atoms with Gasteiger partial charge < -0.3 is 9.47 Å². The average molecular weight is 453 g/mol. The highest BCUT2D eigenvalue weighted by atomic mass is 32.2. The highest BCUT2D eigenvalue weighted by Gasteiger charge is 2.15. The van der Waals surface area contributed by atoms with E-state index in [4.69, 9.17) is 9.47 Å². The first-order valence-corrected chi connectivity index (χ1v) is 11.6. The van der Waals surface area contributed by atoms with Crippen LogP contribution in [-0.2, 0) is 21.3 Å². The molecule has 2 aromatic heterocycles. The van der Waals surface area contributed by atoms with Gasteiger partial charge in [-0.05, 0) is 55.0 Å². The Kier molecular flexibility index (Phi) is 6.50. The highest BCUT2D eigenvalue weighted by molar-refractivity contribution is 7.89. The zero-order valence-electron chi connectivity index (χ0n) is 17.9. The number of imidazole rings is 1. The molecule has 0 aliphatic carbocycles. The molecule has 0 saturated heterocycles. The molecule has 166 valence electrons. The van der Waals surface area contributed by atoms with Crippen LogP contribution in [0.1, 0.15) is 11.1 Å². The van der Waals surface area contributed by atoms with Crippen molar-refractivity contribution in [3.05, 3.63) is 78.1 Å². The van der Waals surface area contributed by atoms with Crippen molar-refractivity contribution in [2.24, 2.45) is 0 Å². The summed E-state index contributed by atoms with van der Waals surface area (Å²) in [6.07, 6.45) is 3.51. The molecule has 8 nitrogen and oxygen atoms in total. The van der Waals surface area contributed by atoms with Gasteiger partial charge >= 0.3 is 0 Å². The normalized spacial score (nSPS) is 11.7. The molecule has 9 heteroatoms. The molecule has 0 unspecified atom stereocenters. The number of hydrogen-bond donors (Lipinski definition) is 1. The van der Waals surface area contributed by atoms with E-state index in [0.717, 1.165) is 22.3 Å². The zero-order valence-corrected chi connectivity index (χ0v) is 18.7. The van der Waals surface area contributed by atoms with Crippen LogP contribution in [0.2, 0.25) is 0 Å². The molecule has 0 radical (unpaired) electrons. The van der Waals surface area contributed by atoms with Gasteiger partial charge in [-0.1, -0.05) is 17.7 Å². The van der Waals surface area contributed by atoms with Crippen molar-refractivity contribution in [3.8, 4) is 17.0 Å². The fourth-order valence-electron chi connectivity index (χ4n) is 3.19. The van der Waals surface area contributed by atoms with Gasteiger partial charge in [0.05, 0.1) is 23.4 Å². The van der Waals surface area contributed by atoms with Crippen LogP contribution in [0, 0.1) is 6.92 Å². The van der Waals surface area contributed by atoms with Crippen molar-refractivity contribution >= 4 is 15.7 Å². The number of methoxy groups -OCH3 is 1. The number of nitrogens with one attached hydrogen (secondary N) is 1. The van der Waals surface area contributed by atoms with Gasteiger partial charge in [0, 0.05) is 25.4 Å². The second-order valence-electron chi connectivity index (χ2n) is 7.30. The predicted octanol–water partition coefficient (Wildman–Crippen LogP) is 3.21. The Morgan fingerprint density at radius 2 is 1.88 bits per heavy atom. The Bertz CT molecular complexity index is 1280. The van der Waals surface area contributed by atoms with Gasteiger partial charge in [0.2, 0.25) is 10.0 Å². The van der Waals surface area contributed by atoms with Crippen molar-refractivity contribution in [1.29, 1.82) is 0 Å². The lowest BCUT2D eigenvalue weighted by Crippen LogP contribution is -2.23. The number of rotatable bonds is 9. The molecule has 0 spiro atoms. The number of ether oxygens (including phenoxy) is 2. The molecule has 1 N–H and O–H groups in total. The summed E-state index contributed by atoms with van der Waals surface area (Å²) >= 11 is 0. The maximum absolute atomic E-state index is 12.7. The molecule has 0 amide bonds. The zero-order chi connectivity index (χ0) is 22.6. The standard InChI is InChI=1S/C23H24N4O4S/c1-17-5-7-21(8-6-17)32(28,29)25-15-18-12-19(14-20(13-18)31-11-10-30-2)22-16-27-23(26-22)4-3-9-24-27/h3-9,12-14,16,25H,10-11,15H2,1-2H3. The molecule has 0 saturated carbocycles. The lowest BCUT2D eigenvalue weighted by molar-refractivity contribution is 0.146. The number of aromatic nitrogens is 3. The molecule has 0 fully saturated rings. The second kappa shape index (κ2) is 9.47. The van der Waals surface area contributed by atoms with Gasteiger partial charge in [0.25, 0.3) is 0 Å². The Balaban J connectivity index is 1.62. The first-order chi connectivity index (χ1) is 15.4. The van der Waals surface area contributed by atoms with Crippen LogP contribution in [0.3, 0.4) is 0 Å². The van der Waals surface area contributed by atoms with E-state index in [9.17, 15) is 8.42 Å². The topological polar surface area (TPSA) is 94.8 Å². The molecular weight excluding hydrogens is 428 g/mol. The smallest absolute Gasteiger partial charge is 0.240 e. The second-order valence-corrected chi connectivity index (χ2v) is 9.06. The van der Waals surface area contributed by atoms with Crippen molar-refractivity contribution in [1.82, 2.24) is 19.3 Å². The van der Waals surface area contributed by atoms with Crippen LogP contribution < -0.4 is 9.46 Å². The van der Waals surface area contributed by atoms with Gasteiger partial charge in [0.1, 0.15) is 12.4 Å². The van der Waals surface area contributed by atoms with Crippen LogP contribution in [0.25, 0.3) is 16.9 Å². The molecule has 0 aliphatic heterocycles. The third-order valence-electron chi connectivity index (χ3n) is 4.85. The summed E-state index contributed by atoms with van der Waals surface area (Å²) in [5.74, 6) is 0.606. The van der Waals surface area contributed by atoms with E-state index in [0.29, 0.717) is 24.7 Å². The number of nitrogens with zero attached hydrogens (tertiary/aromatic N) is 3. The van der Waals surface area contributed by atoms with Gasteiger partial charge in [-0.25, -0.2) is 22.6 Å². The molecule has 2 heterocycles. The largest absolute Gasteiger partial charge is 0.491 e. The number of benzene rings is 2. The van der Waals surface area contributed by atoms with Crippen LogP contribution >= 0.6 is 0 Å². The average Bonchev–Trinajstić information content (AvgIpc) is 3.23. The SMILES string of the molecule is COCCOc1cc(CNS(=O)(=O)c2ccc(C)cc2)cc(-c2cn3ncccc3n2)c1. The molecule has 4 aromatic rings. The molecule has 0 bridgehead atoms. The highest BCUT2D eigenvalue weighted by Crippen LogP contribution is 2.26. The van der Waals surface area contributed by atoms with Crippen LogP contribution in [0.4, 0.5) is 0 Å². The van der Waals surface area contributed by atoms with Crippen LogP contribution in [-0.4, -0.2) is 43.3 Å². The van der Waals surface area contributed by atoms with Crippen LogP contribution in [0.5, 0.6) is 5.75 Å². The predicted molar refractivity (Wildman–Crippen MR) is 121 cm³/mol. The third-order valence-corrected chi connectivity index (χ3v) is 6.27. The summed E-state index contributed by atoms with van der Waals surface area (Å²) in [6, 6.07) is 16.0. The maximum Gasteiger partial charge on any atom is 0.240 e. The van der Waals surface area contributed by atoms with E-state index >= 15 is 0 Å². The van der Waals surface area contributed by atoms with Gasteiger partial charge in [-0.3, -0.25) is 0 Å². The Hall–Kier alpha value is -3.27. The Labute approximate surface area is 186 Å². The minimum atomic E-state index is -3.65. The summed E-state index contributed by atoms with van der Waals surface area (Å²) in [5, 5.41) is 4.26. The minimum absolute atomic E-state index is 0.107. The van der Waals surface area contributed by atoms with Crippen molar-refractivity contribution in [2.75, 3.05) is 20.3 Å². The Morgan fingerprint density at radius 1 is 1.06 bits per heavy atom. The van der Waals surface area contributed by atoms with E-state index < -0.39 is 10.0 Å². The summed E-state index contributed by atoms with van der Waals surface area (Å²) in [5.41, 5.74) is 3.97. The van der Waals surface area contributed by atoms with E-state index in [1.807, 2.05) is 43.5 Å². The summed E-state index contributed by atoms with van der Waals surface area (Å²) in [7, 11) is -2.04. The van der Waals surface area contributed by atoms with Crippen molar-refractivity contribution in [3.63, 3.8) is 0 Å². The maximum atomic E-state index is 12.7. The Morgan fingerprint density at radius 3 is 2.62 bits per heavy atom. The first kappa shape index (κ1) is 21.9. The molecule has 32 heavy (non-hydrogen) atoms. The number of aryl methyl sites for hydroxylation is 1. The van der Waals surface area contributed by atoms with Crippen molar-refractivity contribution < 1.29 is 17.9 Å². The number of sulfonamides is 1. The lowest BCUT2D eigenvalue weighted by Gasteiger charge is -2.12. The quantitative estimate of drug-likeness (QED) is 0.392. The van der Waals surface area contributed by atoms with Crippen molar-refractivity contribution in [2.45, 2.75) is 18.4 Å². The van der Waals surface area contributed by atoms with E-state index in [-0.39, 0.29) is 11.4 Å². The van der Waals surface area contributed by atoms with Gasteiger partial charge in [0.15, 0.2) is 5.65 Å². The molecule has 0 aliphatic rings. The van der Waals surface area contributed by atoms with E-state index in [1.165, 1.54) is 0 Å². The summed E-state index contributed by atoms with van der Waals surface area (Å²) < 4.78 is 40.6. The van der Waals surface area contributed by atoms with E-state index in [1.54, 1.807) is 42.1 Å². The number of fused-ring (bicyclic) bond motifs is 1.